The molecule has 0 saturated carbocycles. The molecule has 0 aliphatic carbocycles. The van der Waals surface area contributed by atoms with Gasteiger partial charge in [-0.1, -0.05) is 72.8 Å². The van der Waals surface area contributed by atoms with Gasteiger partial charge in [0.25, 0.3) is 0 Å². The second-order valence-corrected chi connectivity index (χ2v) is 6.39. The van der Waals surface area contributed by atoms with E-state index in [9.17, 15) is 15.3 Å². The number of aliphatic hydroxyl groups is 4. The maximum absolute atomic E-state index is 10.6. The van der Waals surface area contributed by atoms with Gasteiger partial charge in [-0.3, -0.25) is 4.90 Å². The topological polar surface area (TPSA) is 84.2 Å². The summed E-state index contributed by atoms with van der Waals surface area (Å²) in [6.07, 6.45) is -0.443. The van der Waals surface area contributed by atoms with Gasteiger partial charge >= 0.3 is 0 Å². The van der Waals surface area contributed by atoms with Gasteiger partial charge in [-0.15, -0.1) is 0 Å². The fraction of sp³-hybridized carbons (Fsp3) is 0.333. The molecule has 0 saturated heterocycles. The fourth-order valence-corrected chi connectivity index (χ4v) is 2.81. The van der Waals surface area contributed by atoms with Crippen LogP contribution in [0.25, 0.3) is 6.08 Å². The average Bonchev–Trinajstić information content (AvgIpc) is 2.68. The van der Waals surface area contributed by atoms with Gasteiger partial charge in [-0.25, -0.2) is 0 Å². The van der Waals surface area contributed by atoms with E-state index in [1.807, 2.05) is 78.7 Å². The van der Waals surface area contributed by atoms with E-state index in [-0.39, 0.29) is 0 Å². The highest BCUT2D eigenvalue weighted by molar-refractivity contribution is 5.49. The molecule has 0 heterocycles. The van der Waals surface area contributed by atoms with Crippen molar-refractivity contribution in [2.45, 2.75) is 30.9 Å². The molecule has 2 aromatic rings. The Morgan fingerprint density at radius 2 is 1.46 bits per heavy atom. The molecular weight excluding hydrogens is 330 g/mol. The first-order chi connectivity index (χ1) is 12.5. The van der Waals surface area contributed by atoms with E-state index in [0.29, 0.717) is 6.54 Å². The highest BCUT2D eigenvalue weighted by Crippen LogP contribution is 2.16. The van der Waals surface area contributed by atoms with E-state index >= 15 is 0 Å². The number of likely N-dealkylation sites (N-methyl/N-ethyl adjacent to an activating group) is 1. The molecule has 0 aromatic heterocycles. The zero-order valence-electron chi connectivity index (χ0n) is 14.9. The van der Waals surface area contributed by atoms with E-state index in [0.717, 1.165) is 11.1 Å². The molecule has 5 heteroatoms. The van der Waals surface area contributed by atoms with Gasteiger partial charge in [0.1, 0.15) is 18.3 Å². The van der Waals surface area contributed by atoms with Crippen LogP contribution in [-0.2, 0) is 6.54 Å². The molecule has 0 aliphatic heterocycles. The largest absolute Gasteiger partial charge is 0.394 e. The highest BCUT2D eigenvalue weighted by atomic mass is 16.4. The normalized spacial score (nSPS) is 16.5. The molecule has 2 rings (SSSR count). The van der Waals surface area contributed by atoms with E-state index < -0.39 is 31.0 Å². The van der Waals surface area contributed by atoms with Crippen molar-refractivity contribution in [3.05, 3.63) is 77.9 Å². The van der Waals surface area contributed by atoms with Gasteiger partial charge < -0.3 is 20.4 Å². The summed E-state index contributed by atoms with van der Waals surface area (Å²) in [6, 6.07) is 18.9. The van der Waals surface area contributed by atoms with Crippen LogP contribution in [0.5, 0.6) is 0 Å². The van der Waals surface area contributed by atoms with Gasteiger partial charge in [0.15, 0.2) is 0 Å². The van der Waals surface area contributed by atoms with Crippen molar-refractivity contribution in [2.24, 2.45) is 0 Å². The molecule has 0 unspecified atom stereocenters. The van der Waals surface area contributed by atoms with Crippen LogP contribution >= 0.6 is 0 Å². The molecule has 4 atom stereocenters. The minimum atomic E-state index is -1.45. The zero-order chi connectivity index (χ0) is 18.9. The average molecular weight is 357 g/mol. The second-order valence-electron chi connectivity index (χ2n) is 6.39. The van der Waals surface area contributed by atoms with Crippen LogP contribution in [0.4, 0.5) is 0 Å². The van der Waals surface area contributed by atoms with Crippen molar-refractivity contribution in [3.63, 3.8) is 0 Å². The molecule has 140 valence electrons. The third kappa shape index (κ3) is 5.76. The van der Waals surface area contributed by atoms with E-state index in [1.54, 1.807) is 6.08 Å². The molecule has 4 N–H and O–H groups in total. The zero-order valence-corrected chi connectivity index (χ0v) is 14.9. The van der Waals surface area contributed by atoms with Gasteiger partial charge in [-0.2, -0.15) is 0 Å². The lowest BCUT2D eigenvalue weighted by molar-refractivity contribution is -0.0937. The first-order valence-electron chi connectivity index (χ1n) is 8.65. The van der Waals surface area contributed by atoms with Gasteiger partial charge in [-0.05, 0) is 18.2 Å². The SMILES string of the molecule is CN(Cc1ccccc1)[C@@H](C=Cc1ccccc1)[C@H](O)[C@H](O)[C@H](O)CO. The molecule has 26 heavy (non-hydrogen) atoms. The predicted molar refractivity (Wildman–Crippen MR) is 102 cm³/mol. The van der Waals surface area contributed by atoms with Crippen LogP contribution in [0, 0.1) is 0 Å². The molecule has 0 bridgehead atoms. The van der Waals surface area contributed by atoms with Crippen LogP contribution in [0.1, 0.15) is 11.1 Å². The van der Waals surface area contributed by atoms with E-state index in [4.69, 9.17) is 5.11 Å². The minimum Gasteiger partial charge on any atom is -0.394 e. The van der Waals surface area contributed by atoms with E-state index in [2.05, 4.69) is 0 Å². The van der Waals surface area contributed by atoms with Crippen LogP contribution in [0.3, 0.4) is 0 Å². The maximum Gasteiger partial charge on any atom is 0.110 e. The number of aliphatic hydroxyl groups excluding tert-OH is 4. The smallest absolute Gasteiger partial charge is 0.110 e. The molecular formula is C21H27NO4. The van der Waals surface area contributed by atoms with Gasteiger partial charge in [0.2, 0.25) is 0 Å². The summed E-state index contributed by atoms with van der Waals surface area (Å²) >= 11 is 0. The lowest BCUT2D eigenvalue weighted by atomic mass is 9.98. The summed E-state index contributed by atoms with van der Waals surface area (Å²) in [6.45, 7) is -0.0562. The van der Waals surface area contributed by atoms with Crippen molar-refractivity contribution < 1.29 is 20.4 Å². The fourth-order valence-electron chi connectivity index (χ4n) is 2.81. The monoisotopic (exact) mass is 357 g/mol. The second kappa shape index (κ2) is 10.2. The Hall–Kier alpha value is -2.02. The first-order valence-corrected chi connectivity index (χ1v) is 8.65. The standard InChI is InChI=1S/C21H27NO4/c1-22(14-17-10-6-3-7-11-17)18(20(25)21(26)19(24)15-23)13-12-16-8-4-2-5-9-16/h2-13,18-21,23-26H,14-15H2,1H3/t18-,19+,20-,21+/m0/s1. The molecule has 0 amide bonds. The van der Waals surface area contributed by atoms with Gasteiger partial charge in [0.05, 0.1) is 12.6 Å². The molecule has 0 aliphatic rings. The number of hydrogen-bond donors (Lipinski definition) is 4. The van der Waals surface area contributed by atoms with Crippen molar-refractivity contribution in [3.8, 4) is 0 Å². The summed E-state index contributed by atoms with van der Waals surface area (Å²) in [5.41, 5.74) is 2.03. The Morgan fingerprint density at radius 3 is 2.04 bits per heavy atom. The van der Waals surface area contributed by atoms with Crippen molar-refractivity contribution in [2.75, 3.05) is 13.7 Å². The lowest BCUT2D eigenvalue weighted by Gasteiger charge is -2.33. The molecule has 2 aromatic carbocycles. The van der Waals surface area contributed by atoms with Crippen molar-refractivity contribution in [1.82, 2.24) is 4.90 Å². The third-order valence-corrected chi connectivity index (χ3v) is 4.35. The summed E-state index contributed by atoms with van der Waals surface area (Å²) in [4.78, 5) is 1.90. The van der Waals surface area contributed by atoms with Gasteiger partial charge in [0, 0.05) is 6.54 Å². The molecule has 0 spiro atoms. The quantitative estimate of drug-likeness (QED) is 0.543. The van der Waals surface area contributed by atoms with Crippen LogP contribution in [-0.4, -0.2) is 63.3 Å². The van der Waals surface area contributed by atoms with Crippen LogP contribution in [0.2, 0.25) is 0 Å². The third-order valence-electron chi connectivity index (χ3n) is 4.35. The van der Waals surface area contributed by atoms with Crippen molar-refractivity contribution in [1.29, 1.82) is 0 Å². The Balaban J connectivity index is 2.20. The maximum atomic E-state index is 10.6. The first kappa shape index (κ1) is 20.3. The number of hydrogen-bond acceptors (Lipinski definition) is 5. The predicted octanol–water partition coefficient (Wildman–Crippen LogP) is 1.28. The summed E-state index contributed by atoms with van der Waals surface area (Å²) in [5, 5.41) is 39.5. The van der Waals surface area contributed by atoms with E-state index in [1.165, 1.54) is 0 Å². The molecule has 0 radical (unpaired) electrons. The highest BCUT2D eigenvalue weighted by Gasteiger charge is 2.32. The number of benzene rings is 2. The Morgan fingerprint density at radius 1 is 0.885 bits per heavy atom. The number of rotatable bonds is 9. The Kier molecular flexibility index (Phi) is 7.97. The number of nitrogens with zero attached hydrogens (tertiary/aromatic N) is 1. The Labute approximate surface area is 154 Å². The summed E-state index contributed by atoms with van der Waals surface area (Å²) < 4.78 is 0. The van der Waals surface area contributed by atoms with Crippen LogP contribution < -0.4 is 0 Å². The van der Waals surface area contributed by atoms with Crippen molar-refractivity contribution >= 4 is 6.08 Å². The summed E-state index contributed by atoms with van der Waals surface area (Å²) in [5.74, 6) is 0. The lowest BCUT2D eigenvalue weighted by Crippen LogP contribution is -2.50. The molecule has 5 nitrogen and oxygen atoms in total. The Bertz CT molecular complexity index is 662. The molecule has 0 fully saturated rings. The summed E-state index contributed by atoms with van der Waals surface area (Å²) in [7, 11) is 1.84. The van der Waals surface area contributed by atoms with Crippen LogP contribution in [0.15, 0.2) is 66.7 Å². The minimum absolute atomic E-state index is 0.549.